The number of carbonyl (C=O) groups excluding carboxylic acids is 1. The molecule has 1 aromatic rings. The Balaban J connectivity index is 1.87. The number of piperidine rings is 1. The van der Waals surface area contributed by atoms with Crippen molar-refractivity contribution in [2.24, 2.45) is 5.92 Å². The predicted octanol–water partition coefficient (Wildman–Crippen LogP) is 2.45. The molecule has 7 heteroatoms. The van der Waals surface area contributed by atoms with Gasteiger partial charge in [0.15, 0.2) is 0 Å². The van der Waals surface area contributed by atoms with Gasteiger partial charge < -0.3 is 5.32 Å². The molecule has 0 radical (unpaired) electrons. The number of imidazole rings is 1. The summed E-state index contributed by atoms with van der Waals surface area (Å²) in [5, 5.41) is 2.89. The number of rotatable bonds is 7. The zero-order valence-electron chi connectivity index (χ0n) is 13.8. The molecule has 1 aliphatic rings. The van der Waals surface area contributed by atoms with Crippen molar-refractivity contribution >= 4 is 5.91 Å². The van der Waals surface area contributed by atoms with E-state index in [-0.39, 0.29) is 17.9 Å². The van der Waals surface area contributed by atoms with Crippen molar-refractivity contribution in [3.8, 4) is 0 Å². The summed E-state index contributed by atoms with van der Waals surface area (Å²) in [4.78, 5) is 18.7. The molecular formula is C16H26F2N4O. The molecule has 1 fully saturated rings. The summed E-state index contributed by atoms with van der Waals surface area (Å²) in [6, 6.07) is -0.148. The number of alkyl halides is 2. The van der Waals surface area contributed by atoms with Gasteiger partial charge in [0.05, 0.1) is 6.04 Å². The maximum atomic E-state index is 12.8. The minimum absolute atomic E-state index is 0.0166. The largest absolute Gasteiger partial charge is 0.354 e. The lowest BCUT2D eigenvalue weighted by atomic mass is 9.98. The second-order valence-electron chi connectivity index (χ2n) is 6.35. The SMILES string of the molecule is CC(C)[C@H](C(=O)NCCc1nccn1C(F)F)N1CCCCC1. The van der Waals surface area contributed by atoms with E-state index in [1.807, 2.05) is 13.8 Å². The Morgan fingerprint density at radius 2 is 2.00 bits per heavy atom. The molecule has 2 rings (SSSR count). The maximum absolute atomic E-state index is 12.8. The summed E-state index contributed by atoms with van der Waals surface area (Å²) in [5.74, 6) is 0.493. The second-order valence-corrected chi connectivity index (χ2v) is 6.35. The van der Waals surface area contributed by atoms with E-state index in [2.05, 4.69) is 15.2 Å². The number of nitrogens with zero attached hydrogens (tertiary/aromatic N) is 3. The molecule has 5 nitrogen and oxygen atoms in total. The fraction of sp³-hybridized carbons (Fsp3) is 0.750. The molecule has 1 saturated heterocycles. The second kappa shape index (κ2) is 8.38. The van der Waals surface area contributed by atoms with Gasteiger partial charge in [-0.1, -0.05) is 20.3 Å². The predicted molar refractivity (Wildman–Crippen MR) is 84.2 cm³/mol. The van der Waals surface area contributed by atoms with Gasteiger partial charge in [-0.05, 0) is 31.8 Å². The lowest BCUT2D eigenvalue weighted by Gasteiger charge is -2.35. The molecule has 0 spiro atoms. The highest BCUT2D eigenvalue weighted by atomic mass is 19.3. The van der Waals surface area contributed by atoms with Crippen LogP contribution in [0.4, 0.5) is 8.78 Å². The first kappa shape index (κ1) is 17.8. The number of hydrogen-bond acceptors (Lipinski definition) is 3. The summed E-state index contributed by atoms with van der Waals surface area (Å²) >= 11 is 0. The number of amides is 1. The van der Waals surface area contributed by atoms with Gasteiger partial charge in [-0.2, -0.15) is 8.78 Å². The Labute approximate surface area is 136 Å². The fourth-order valence-electron chi connectivity index (χ4n) is 3.20. The van der Waals surface area contributed by atoms with Gasteiger partial charge in [0.1, 0.15) is 5.82 Å². The van der Waals surface area contributed by atoms with Crippen molar-refractivity contribution in [3.63, 3.8) is 0 Å². The Hall–Kier alpha value is -1.50. The number of aromatic nitrogens is 2. The maximum Gasteiger partial charge on any atom is 0.319 e. The van der Waals surface area contributed by atoms with Crippen LogP contribution in [0.2, 0.25) is 0 Å². The molecule has 0 unspecified atom stereocenters. The smallest absolute Gasteiger partial charge is 0.319 e. The first-order valence-corrected chi connectivity index (χ1v) is 8.32. The summed E-state index contributed by atoms with van der Waals surface area (Å²) in [6.45, 7) is 3.71. The van der Waals surface area contributed by atoms with Gasteiger partial charge >= 0.3 is 6.55 Å². The van der Waals surface area contributed by atoms with Crippen LogP contribution in [0, 0.1) is 5.92 Å². The van der Waals surface area contributed by atoms with Crippen molar-refractivity contribution < 1.29 is 13.6 Å². The molecule has 0 aromatic carbocycles. The fourth-order valence-corrected chi connectivity index (χ4v) is 3.20. The molecule has 2 heterocycles. The van der Waals surface area contributed by atoms with Crippen molar-refractivity contribution in [1.29, 1.82) is 0 Å². The molecule has 1 atom stereocenters. The van der Waals surface area contributed by atoms with Gasteiger partial charge in [-0.25, -0.2) is 4.98 Å². The normalized spacial score (nSPS) is 17.7. The third-order valence-corrected chi connectivity index (χ3v) is 4.29. The zero-order valence-corrected chi connectivity index (χ0v) is 13.8. The number of hydrogen-bond donors (Lipinski definition) is 1. The van der Waals surface area contributed by atoms with Crippen LogP contribution in [0.15, 0.2) is 12.4 Å². The number of carbonyl (C=O) groups is 1. The molecule has 1 aromatic heterocycles. The topological polar surface area (TPSA) is 50.2 Å². The molecule has 1 aliphatic heterocycles. The third-order valence-electron chi connectivity index (χ3n) is 4.29. The lowest BCUT2D eigenvalue weighted by Crippen LogP contribution is -2.51. The van der Waals surface area contributed by atoms with E-state index in [0.717, 1.165) is 30.5 Å². The van der Waals surface area contributed by atoms with Crippen LogP contribution in [0.5, 0.6) is 0 Å². The number of nitrogens with one attached hydrogen (secondary N) is 1. The summed E-state index contributed by atoms with van der Waals surface area (Å²) < 4.78 is 26.3. The van der Waals surface area contributed by atoms with Crippen molar-refractivity contribution in [1.82, 2.24) is 19.8 Å². The van der Waals surface area contributed by atoms with Gasteiger partial charge in [0, 0.05) is 25.4 Å². The number of halogens is 2. The zero-order chi connectivity index (χ0) is 16.8. The van der Waals surface area contributed by atoms with Crippen LogP contribution in [-0.2, 0) is 11.2 Å². The quantitative estimate of drug-likeness (QED) is 0.836. The molecule has 23 heavy (non-hydrogen) atoms. The van der Waals surface area contributed by atoms with Crippen LogP contribution in [0.3, 0.4) is 0 Å². The van der Waals surface area contributed by atoms with Gasteiger partial charge in [0.25, 0.3) is 0 Å². The van der Waals surface area contributed by atoms with Crippen LogP contribution in [0.25, 0.3) is 0 Å². The Morgan fingerprint density at radius 3 is 2.61 bits per heavy atom. The Morgan fingerprint density at radius 1 is 1.30 bits per heavy atom. The molecule has 0 saturated carbocycles. The van der Waals surface area contributed by atoms with E-state index in [9.17, 15) is 13.6 Å². The average molecular weight is 328 g/mol. The number of likely N-dealkylation sites (tertiary alicyclic amines) is 1. The van der Waals surface area contributed by atoms with Crippen LogP contribution in [0.1, 0.15) is 45.5 Å². The molecule has 0 bridgehead atoms. The standard InChI is InChI=1S/C16H26F2N4O/c1-12(2)14(21-9-4-3-5-10-21)15(23)20-7-6-13-19-8-11-22(13)16(17)18/h8,11-12,14,16H,3-7,9-10H2,1-2H3,(H,20,23)/t14-/m1/s1. The third kappa shape index (κ3) is 4.73. The van der Waals surface area contributed by atoms with Crippen LogP contribution in [-0.4, -0.2) is 46.0 Å². The summed E-state index contributed by atoms with van der Waals surface area (Å²) in [6.07, 6.45) is 6.39. The molecule has 1 amide bonds. The van der Waals surface area contributed by atoms with E-state index in [4.69, 9.17) is 0 Å². The van der Waals surface area contributed by atoms with Crippen molar-refractivity contribution in [2.45, 2.75) is 52.1 Å². The Kier molecular flexibility index (Phi) is 6.50. The minimum Gasteiger partial charge on any atom is -0.354 e. The van der Waals surface area contributed by atoms with Crippen LogP contribution < -0.4 is 5.32 Å². The van der Waals surface area contributed by atoms with E-state index in [0.29, 0.717) is 18.8 Å². The van der Waals surface area contributed by atoms with Gasteiger partial charge in [-0.3, -0.25) is 14.3 Å². The molecular weight excluding hydrogens is 302 g/mol. The summed E-state index contributed by atoms with van der Waals surface area (Å²) in [5.41, 5.74) is 0. The van der Waals surface area contributed by atoms with Crippen molar-refractivity contribution in [2.75, 3.05) is 19.6 Å². The van der Waals surface area contributed by atoms with Crippen LogP contribution >= 0.6 is 0 Å². The summed E-state index contributed by atoms with van der Waals surface area (Å²) in [7, 11) is 0. The monoisotopic (exact) mass is 328 g/mol. The minimum atomic E-state index is -2.60. The average Bonchev–Trinajstić information content (AvgIpc) is 2.97. The van der Waals surface area contributed by atoms with E-state index in [1.54, 1.807) is 0 Å². The highest BCUT2D eigenvalue weighted by Crippen LogP contribution is 2.18. The van der Waals surface area contributed by atoms with E-state index >= 15 is 0 Å². The van der Waals surface area contributed by atoms with E-state index in [1.165, 1.54) is 18.8 Å². The highest BCUT2D eigenvalue weighted by Gasteiger charge is 2.29. The first-order chi connectivity index (χ1) is 11.0. The molecule has 0 aliphatic carbocycles. The highest BCUT2D eigenvalue weighted by molar-refractivity contribution is 5.82. The Bertz CT molecular complexity index is 498. The molecule has 1 N–H and O–H groups in total. The van der Waals surface area contributed by atoms with Gasteiger partial charge in [-0.15, -0.1) is 0 Å². The molecule has 130 valence electrons. The first-order valence-electron chi connectivity index (χ1n) is 8.32. The van der Waals surface area contributed by atoms with Gasteiger partial charge in [0.2, 0.25) is 5.91 Å². The van der Waals surface area contributed by atoms with E-state index < -0.39 is 6.55 Å². The lowest BCUT2D eigenvalue weighted by molar-refractivity contribution is -0.128. The van der Waals surface area contributed by atoms with Crippen molar-refractivity contribution in [3.05, 3.63) is 18.2 Å².